The number of likely N-dealkylation sites (N-methyl/N-ethyl adjacent to an activating group) is 1. The zero-order chi connectivity index (χ0) is 16.2. The molecule has 6 heteroatoms. The highest BCUT2D eigenvalue weighted by Crippen LogP contribution is 2.22. The maximum atomic E-state index is 11.8. The number of amides is 1. The molecule has 1 saturated carbocycles. The first-order chi connectivity index (χ1) is 11.1. The molecule has 0 bridgehead atoms. The smallest absolute Gasteiger partial charge is 0.234 e. The van der Waals surface area contributed by atoms with Gasteiger partial charge >= 0.3 is 0 Å². The van der Waals surface area contributed by atoms with Crippen LogP contribution in [0, 0.1) is 0 Å². The number of carbonyl (C=O) groups excluding carboxylic acids is 1. The largest absolute Gasteiger partial charge is 0.497 e. The molecule has 0 atom stereocenters. The summed E-state index contributed by atoms with van der Waals surface area (Å²) in [5.74, 6) is 1.43. The van der Waals surface area contributed by atoms with Crippen molar-refractivity contribution in [1.29, 1.82) is 0 Å². The fourth-order valence-electron chi connectivity index (χ4n) is 2.32. The lowest BCUT2D eigenvalue weighted by atomic mass is 10.2. The van der Waals surface area contributed by atoms with Crippen molar-refractivity contribution in [2.45, 2.75) is 25.4 Å². The number of aromatic nitrogens is 1. The molecule has 0 aliphatic heterocycles. The van der Waals surface area contributed by atoms with E-state index < -0.39 is 0 Å². The van der Waals surface area contributed by atoms with Crippen LogP contribution in [0.25, 0.3) is 11.5 Å². The first kappa shape index (κ1) is 15.6. The molecule has 1 aromatic carbocycles. The van der Waals surface area contributed by atoms with Crippen molar-refractivity contribution in [2.75, 3.05) is 20.7 Å². The van der Waals surface area contributed by atoms with Gasteiger partial charge in [-0.15, -0.1) is 0 Å². The highest BCUT2D eigenvalue weighted by molar-refractivity contribution is 5.78. The van der Waals surface area contributed by atoms with E-state index in [0.717, 1.165) is 29.8 Å². The van der Waals surface area contributed by atoms with Gasteiger partial charge in [0.05, 0.1) is 19.3 Å². The first-order valence-electron chi connectivity index (χ1n) is 7.71. The quantitative estimate of drug-likeness (QED) is 0.847. The summed E-state index contributed by atoms with van der Waals surface area (Å²) in [5.41, 5.74) is 1.70. The van der Waals surface area contributed by atoms with Gasteiger partial charge in [-0.25, -0.2) is 4.98 Å². The highest BCUT2D eigenvalue weighted by Gasteiger charge is 2.23. The third-order valence-corrected chi connectivity index (χ3v) is 3.68. The third-order valence-electron chi connectivity index (χ3n) is 3.68. The third kappa shape index (κ3) is 4.32. The number of nitrogens with zero attached hydrogens (tertiary/aromatic N) is 2. The molecule has 0 spiro atoms. The fourth-order valence-corrected chi connectivity index (χ4v) is 2.32. The Morgan fingerprint density at radius 2 is 2.13 bits per heavy atom. The number of ether oxygens (including phenoxy) is 1. The molecular weight excluding hydrogens is 294 g/mol. The van der Waals surface area contributed by atoms with Gasteiger partial charge in [-0.3, -0.25) is 9.69 Å². The summed E-state index contributed by atoms with van der Waals surface area (Å²) < 4.78 is 10.7. The molecule has 0 saturated heterocycles. The van der Waals surface area contributed by atoms with Crippen LogP contribution in [-0.4, -0.2) is 42.5 Å². The number of carbonyl (C=O) groups is 1. The van der Waals surface area contributed by atoms with E-state index in [4.69, 9.17) is 9.15 Å². The van der Waals surface area contributed by atoms with Crippen LogP contribution in [0.4, 0.5) is 0 Å². The minimum atomic E-state index is 0.0638. The number of benzene rings is 1. The standard InChI is InChI=1S/C17H21N3O3/c1-20(10-16(21)18-13-5-6-13)9-14-11-23-17(19-14)12-3-7-15(22-2)8-4-12/h3-4,7-8,11,13H,5-6,9-10H2,1-2H3,(H,18,21). The maximum Gasteiger partial charge on any atom is 0.234 e. The summed E-state index contributed by atoms with van der Waals surface area (Å²) in [6.45, 7) is 0.930. The lowest BCUT2D eigenvalue weighted by Gasteiger charge is -2.14. The van der Waals surface area contributed by atoms with Crippen molar-refractivity contribution in [2.24, 2.45) is 0 Å². The average Bonchev–Trinajstić information content (AvgIpc) is 3.22. The molecule has 1 aliphatic carbocycles. The summed E-state index contributed by atoms with van der Waals surface area (Å²) in [6, 6.07) is 7.94. The fraction of sp³-hybridized carbons (Fsp3) is 0.412. The Hall–Kier alpha value is -2.34. The van der Waals surface area contributed by atoms with Crippen LogP contribution in [0.1, 0.15) is 18.5 Å². The van der Waals surface area contributed by atoms with Gasteiger partial charge in [-0.2, -0.15) is 0 Å². The van der Waals surface area contributed by atoms with Crippen LogP contribution in [0.5, 0.6) is 5.75 Å². The molecule has 3 rings (SSSR count). The van der Waals surface area contributed by atoms with Crippen molar-refractivity contribution in [1.82, 2.24) is 15.2 Å². The maximum absolute atomic E-state index is 11.8. The number of hydrogen-bond acceptors (Lipinski definition) is 5. The van der Waals surface area contributed by atoms with E-state index in [1.54, 1.807) is 13.4 Å². The Morgan fingerprint density at radius 1 is 1.39 bits per heavy atom. The van der Waals surface area contributed by atoms with Gasteiger partial charge in [0.25, 0.3) is 0 Å². The summed E-state index contributed by atoms with van der Waals surface area (Å²) >= 11 is 0. The second-order valence-corrected chi connectivity index (χ2v) is 5.89. The van der Waals surface area contributed by atoms with E-state index in [1.165, 1.54) is 0 Å². The van der Waals surface area contributed by atoms with Crippen LogP contribution in [0.15, 0.2) is 34.9 Å². The molecule has 1 amide bonds. The van der Waals surface area contributed by atoms with Gasteiger partial charge in [0.2, 0.25) is 11.8 Å². The van der Waals surface area contributed by atoms with Gasteiger partial charge < -0.3 is 14.5 Å². The van der Waals surface area contributed by atoms with E-state index in [2.05, 4.69) is 10.3 Å². The Bertz CT molecular complexity index is 662. The molecule has 6 nitrogen and oxygen atoms in total. The van der Waals surface area contributed by atoms with Crippen molar-refractivity contribution in [3.05, 3.63) is 36.2 Å². The van der Waals surface area contributed by atoms with Crippen LogP contribution in [-0.2, 0) is 11.3 Å². The van der Waals surface area contributed by atoms with E-state index in [0.29, 0.717) is 25.0 Å². The highest BCUT2D eigenvalue weighted by atomic mass is 16.5. The van der Waals surface area contributed by atoms with Crippen molar-refractivity contribution in [3.63, 3.8) is 0 Å². The second-order valence-electron chi connectivity index (χ2n) is 5.89. The molecule has 1 fully saturated rings. The number of oxazole rings is 1. The second kappa shape index (κ2) is 6.83. The van der Waals surface area contributed by atoms with Crippen LogP contribution >= 0.6 is 0 Å². The van der Waals surface area contributed by atoms with Gasteiger partial charge in [0.15, 0.2) is 0 Å². The van der Waals surface area contributed by atoms with Crippen molar-refractivity contribution in [3.8, 4) is 17.2 Å². The topological polar surface area (TPSA) is 67.6 Å². The lowest BCUT2D eigenvalue weighted by Crippen LogP contribution is -2.35. The van der Waals surface area contributed by atoms with Crippen molar-refractivity contribution < 1.29 is 13.9 Å². The molecule has 2 aromatic rings. The molecule has 1 aromatic heterocycles. The molecule has 0 unspecified atom stereocenters. The number of hydrogen-bond donors (Lipinski definition) is 1. The van der Waals surface area contributed by atoms with E-state index in [-0.39, 0.29) is 5.91 Å². The van der Waals surface area contributed by atoms with Gasteiger partial charge in [-0.1, -0.05) is 0 Å². The molecular formula is C17H21N3O3. The monoisotopic (exact) mass is 315 g/mol. The number of rotatable bonds is 7. The minimum Gasteiger partial charge on any atom is -0.497 e. The van der Waals surface area contributed by atoms with Crippen LogP contribution in [0.3, 0.4) is 0 Å². The van der Waals surface area contributed by atoms with Crippen LogP contribution in [0.2, 0.25) is 0 Å². The minimum absolute atomic E-state index is 0.0638. The molecule has 1 heterocycles. The summed E-state index contributed by atoms with van der Waals surface area (Å²) in [5, 5.41) is 2.98. The van der Waals surface area contributed by atoms with Gasteiger partial charge in [-0.05, 0) is 44.2 Å². The molecule has 0 radical (unpaired) electrons. The Labute approximate surface area is 135 Å². The van der Waals surface area contributed by atoms with Crippen LogP contribution < -0.4 is 10.1 Å². The van der Waals surface area contributed by atoms with Crippen molar-refractivity contribution >= 4 is 5.91 Å². The van der Waals surface area contributed by atoms with E-state index >= 15 is 0 Å². The zero-order valence-corrected chi connectivity index (χ0v) is 13.4. The average molecular weight is 315 g/mol. The Balaban J connectivity index is 1.56. The normalized spacial score (nSPS) is 14.0. The summed E-state index contributed by atoms with van der Waals surface area (Å²) in [7, 11) is 3.53. The predicted molar refractivity (Wildman–Crippen MR) is 86.0 cm³/mol. The van der Waals surface area contributed by atoms with E-state index in [1.807, 2.05) is 36.2 Å². The zero-order valence-electron chi connectivity index (χ0n) is 13.4. The molecule has 1 N–H and O–H groups in total. The van der Waals surface area contributed by atoms with E-state index in [9.17, 15) is 4.79 Å². The number of nitrogens with one attached hydrogen (secondary N) is 1. The SMILES string of the molecule is COc1ccc(-c2nc(CN(C)CC(=O)NC3CC3)co2)cc1. The molecule has 23 heavy (non-hydrogen) atoms. The van der Waals surface area contributed by atoms with Gasteiger partial charge in [0.1, 0.15) is 12.0 Å². The molecule has 1 aliphatic rings. The van der Waals surface area contributed by atoms with Gasteiger partial charge in [0, 0.05) is 18.2 Å². The Kier molecular flexibility index (Phi) is 4.62. The summed E-state index contributed by atoms with van der Waals surface area (Å²) in [4.78, 5) is 18.2. The number of methoxy groups -OCH3 is 1. The summed E-state index contributed by atoms with van der Waals surface area (Å²) in [6.07, 6.45) is 3.84. The Morgan fingerprint density at radius 3 is 2.78 bits per heavy atom. The first-order valence-corrected chi connectivity index (χ1v) is 7.71. The lowest BCUT2D eigenvalue weighted by molar-refractivity contribution is -0.122. The predicted octanol–water partition coefficient (Wildman–Crippen LogP) is 2.06. The molecule has 122 valence electrons.